The maximum absolute atomic E-state index is 12.8. The number of aryl methyl sites for hydroxylation is 1. The zero-order valence-corrected chi connectivity index (χ0v) is 9.81. The number of nitrogens with one attached hydrogen (secondary N) is 1. The predicted molar refractivity (Wildman–Crippen MR) is 59.0 cm³/mol. The average Bonchev–Trinajstić information content (AvgIpc) is 2.87. The summed E-state index contributed by atoms with van der Waals surface area (Å²) in [6, 6.07) is 4.41. The summed E-state index contributed by atoms with van der Waals surface area (Å²) in [6.45, 7) is 1.97. The molecule has 0 spiro atoms. The van der Waals surface area contributed by atoms with Gasteiger partial charge in [-0.2, -0.15) is 0 Å². The first-order valence-electron chi connectivity index (χ1n) is 5.45. The maximum atomic E-state index is 12.8. The normalized spacial score (nSPS) is 15.5. The van der Waals surface area contributed by atoms with Crippen LogP contribution >= 0.6 is 0 Å². The van der Waals surface area contributed by atoms with Gasteiger partial charge in [0.05, 0.1) is 6.54 Å². The molecule has 0 saturated carbocycles. The monoisotopic (exact) mass is 269 g/mol. The molecule has 0 bridgehead atoms. The Kier molecular flexibility index (Phi) is 2.51. The lowest BCUT2D eigenvalue weighted by Gasteiger charge is -2.04. The lowest BCUT2D eigenvalue weighted by molar-refractivity contribution is -0.286. The van der Waals surface area contributed by atoms with Crippen molar-refractivity contribution in [3.63, 3.8) is 0 Å². The van der Waals surface area contributed by atoms with Gasteiger partial charge < -0.3 is 19.2 Å². The van der Waals surface area contributed by atoms with Crippen LogP contribution in [0, 0.1) is 6.92 Å². The minimum atomic E-state index is -3.61. The third-order valence-corrected chi connectivity index (χ3v) is 2.41. The van der Waals surface area contributed by atoms with Crippen LogP contribution in [0.3, 0.4) is 0 Å². The summed E-state index contributed by atoms with van der Waals surface area (Å²) in [5.74, 6) is 0.850. The van der Waals surface area contributed by atoms with E-state index in [1.165, 1.54) is 12.1 Å². The summed E-state index contributed by atoms with van der Waals surface area (Å²) < 4.78 is 39.5. The van der Waals surface area contributed by atoms with Crippen LogP contribution in [0.1, 0.15) is 11.8 Å². The molecule has 6 nitrogen and oxygen atoms in total. The Morgan fingerprint density at radius 1 is 1.21 bits per heavy atom. The number of rotatable bonds is 3. The highest BCUT2D eigenvalue weighted by atomic mass is 19.3. The van der Waals surface area contributed by atoms with Crippen LogP contribution in [-0.2, 0) is 6.54 Å². The third kappa shape index (κ3) is 2.42. The van der Waals surface area contributed by atoms with Crippen molar-refractivity contribution in [2.45, 2.75) is 19.8 Å². The lowest BCUT2D eigenvalue weighted by atomic mass is 10.3. The fourth-order valence-electron chi connectivity index (χ4n) is 1.65. The number of aromatic nitrogens is 2. The van der Waals surface area contributed by atoms with Crippen LogP contribution in [0.15, 0.2) is 22.6 Å². The summed E-state index contributed by atoms with van der Waals surface area (Å²) in [7, 11) is 0. The van der Waals surface area contributed by atoms with E-state index >= 15 is 0 Å². The highest BCUT2D eigenvalue weighted by Gasteiger charge is 2.43. The molecule has 100 valence electrons. The van der Waals surface area contributed by atoms with Gasteiger partial charge in [0.2, 0.25) is 11.8 Å². The summed E-state index contributed by atoms with van der Waals surface area (Å²) >= 11 is 0. The van der Waals surface area contributed by atoms with Crippen LogP contribution < -0.4 is 14.8 Å². The second-order valence-corrected chi connectivity index (χ2v) is 3.90. The molecule has 19 heavy (non-hydrogen) atoms. The third-order valence-electron chi connectivity index (χ3n) is 2.41. The maximum Gasteiger partial charge on any atom is 0.586 e. The van der Waals surface area contributed by atoms with Gasteiger partial charge in [-0.3, -0.25) is 0 Å². The van der Waals surface area contributed by atoms with Crippen LogP contribution in [0.2, 0.25) is 0 Å². The molecule has 0 aliphatic carbocycles. The molecule has 0 unspecified atom stereocenters. The van der Waals surface area contributed by atoms with Crippen LogP contribution in [-0.4, -0.2) is 16.5 Å². The SMILES string of the molecule is Cc1nnc(CNc2ccc3c(c2)OC(F)(F)O3)o1. The van der Waals surface area contributed by atoms with E-state index in [1.54, 1.807) is 13.0 Å². The molecule has 3 rings (SSSR count). The molecular weight excluding hydrogens is 260 g/mol. The molecule has 1 N–H and O–H groups in total. The van der Waals surface area contributed by atoms with Gasteiger partial charge in [-0.15, -0.1) is 19.0 Å². The van der Waals surface area contributed by atoms with Gasteiger partial charge in [-0.1, -0.05) is 0 Å². The predicted octanol–water partition coefficient (Wildman–Crippen LogP) is 2.31. The van der Waals surface area contributed by atoms with Gasteiger partial charge >= 0.3 is 6.29 Å². The molecule has 1 aliphatic rings. The van der Waals surface area contributed by atoms with Crippen molar-refractivity contribution in [2.75, 3.05) is 5.32 Å². The number of hydrogen-bond donors (Lipinski definition) is 1. The fourth-order valence-corrected chi connectivity index (χ4v) is 1.65. The fraction of sp³-hybridized carbons (Fsp3) is 0.273. The van der Waals surface area contributed by atoms with E-state index in [2.05, 4.69) is 25.0 Å². The lowest BCUT2D eigenvalue weighted by Crippen LogP contribution is -2.25. The Morgan fingerprint density at radius 3 is 2.74 bits per heavy atom. The second kappa shape index (κ2) is 4.08. The molecular formula is C11H9F2N3O3. The highest BCUT2D eigenvalue weighted by Crippen LogP contribution is 2.42. The van der Waals surface area contributed by atoms with E-state index in [-0.39, 0.29) is 18.0 Å². The van der Waals surface area contributed by atoms with E-state index in [4.69, 9.17) is 4.42 Å². The van der Waals surface area contributed by atoms with E-state index in [1.807, 2.05) is 0 Å². The van der Waals surface area contributed by atoms with Crippen molar-refractivity contribution in [2.24, 2.45) is 0 Å². The van der Waals surface area contributed by atoms with Crippen molar-refractivity contribution in [3.8, 4) is 11.5 Å². The molecule has 1 aliphatic heterocycles. The quantitative estimate of drug-likeness (QED) is 0.922. The molecule has 2 heterocycles. The minimum absolute atomic E-state index is 0.00387. The van der Waals surface area contributed by atoms with Gasteiger partial charge in [0, 0.05) is 18.7 Å². The van der Waals surface area contributed by atoms with Crippen molar-refractivity contribution in [3.05, 3.63) is 30.0 Å². The van der Waals surface area contributed by atoms with Crippen molar-refractivity contribution >= 4 is 5.69 Å². The van der Waals surface area contributed by atoms with E-state index in [0.29, 0.717) is 17.5 Å². The summed E-state index contributed by atoms with van der Waals surface area (Å²) in [6.07, 6.45) is -3.61. The molecule has 2 aromatic rings. The van der Waals surface area contributed by atoms with Crippen LogP contribution in [0.5, 0.6) is 11.5 Å². The number of benzene rings is 1. The number of fused-ring (bicyclic) bond motifs is 1. The molecule has 0 saturated heterocycles. The number of hydrogen-bond acceptors (Lipinski definition) is 6. The molecule has 0 amide bonds. The van der Waals surface area contributed by atoms with E-state index < -0.39 is 6.29 Å². The smallest absolute Gasteiger partial charge is 0.424 e. The zero-order chi connectivity index (χ0) is 13.5. The van der Waals surface area contributed by atoms with Crippen LogP contribution in [0.4, 0.5) is 14.5 Å². The van der Waals surface area contributed by atoms with E-state index in [0.717, 1.165) is 0 Å². The number of anilines is 1. The summed E-state index contributed by atoms with van der Waals surface area (Å²) in [5, 5.41) is 10.4. The Balaban J connectivity index is 1.70. The standard InChI is InChI=1S/C11H9F2N3O3/c1-6-15-16-10(17-6)5-14-7-2-3-8-9(4-7)19-11(12,13)18-8/h2-4,14H,5H2,1H3. The summed E-state index contributed by atoms with van der Waals surface area (Å²) in [4.78, 5) is 0. The number of nitrogens with zero attached hydrogens (tertiary/aromatic N) is 2. The number of alkyl halides is 2. The summed E-state index contributed by atoms with van der Waals surface area (Å²) in [5.41, 5.74) is 0.580. The Morgan fingerprint density at radius 2 is 2.00 bits per heavy atom. The first-order chi connectivity index (χ1) is 9.02. The Labute approximate surface area is 106 Å². The Bertz CT molecular complexity index is 615. The topological polar surface area (TPSA) is 69.4 Å². The van der Waals surface area contributed by atoms with Crippen molar-refractivity contribution in [1.29, 1.82) is 0 Å². The minimum Gasteiger partial charge on any atom is -0.424 e. The molecule has 0 radical (unpaired) electrons. The number of halogens is 2. The second-order valence-electron chi connectivity index (χ2n) is 3.90. The molecule has 0 atom stereocenters. The molecule has 1 aromatic heterocycles. The van der Waals surface area contributed by atoms with Crippen molar-refractivity contribution < 1.29 is 22.7 Å². The number of ether oxygens (including phenoxy) is 2. The van der Waals surface area contributed by atoms with Crippen LogP contribution in [0.25, 0.3) is 0 Å². The van der Waals surface area contributed by atoms with E-state index in [9.17, 15) is 8.78 Å². The highest BCUT2D eigenvalue weighted by molar-refractivity contribution is 5.55. The van der Waals surface area contributed by atoms with Gasteiger partial charge in [0.15, 0.2) is 11.5 Å². The van der Waals surface area contributed by atoms with Gasteiger partial charge in [-0.25, -0.2) is 0 Å². The average molecular weight is 269 g/mol. The molecule has 8 heteroatoms. The first-order valence-corrected chi connectivity index (χ1v) is 5.45. The van der Waals surface area contributed by atoms with Gasteiger partial charge in [0.1, 0.15) is 0 Å². The Hall–Kier alpha value is -2.38. The van der Waals surface area contributed by atoms with Gasteiger partial charge in [-0.05, 0) is 12.1 Å². The largest absolute Gasteiger partial charge is 0.586 e. The zero-order valence-electron chi connectivity index (χ0n) is 9.81. The van der Waals surface area contributed by atoms with Gasteiger partial charge in [0.25, 0.3) is 0 Å². The molecule has 1 aromatic carbocycles. The molecule has 0 fully saturated rings. The first kappa shape index (κ1) is 11.7. The van der Waals surface area contributed by atoms with Crippen molar-refractivity contribution in [1.82, 2.24) is 10.2 Å².